The van der Waals surface area contributed by atoms with Crippen LogP contribution >= 0.6 is 0 Å². The van der Waals surface area contributed by atoms with Gasteiger partial charge in [0.15, 0.2) is 0 Å². The van der Waals surface area contributed by atoms with Gasteiger partial charge >= 0.3 is 0 Å². The maximum atomic E-state index is 13.8. The number of likely N-dealkylation sites (tertiary alicyclic amines) is 1. The first-order valence-electron chi connectivity index (χ1n) is 13.3. The SMILES string of the molecule is Cc1cccn2c(=O)c3cc(C(=O)N4CCC(Cc5ccccc5)CC4)c(=N)n(Cc4ccncc4)c3nc12. The van der Waals surface area contributed by atoms with Gasteiger partial charge in [0.05, 0.1) is 17.5 Å². The molecule has 1 aromatic carbocycles. The highest BCUT2D eigenvalue weighted by Crippen LogP contribution is 2.23. The van der Waals surface area contributed by atoms with Gasteiger partial charge in [-0.05, 0) is 73.1 Å². The van der Waals surface area contributed by atoms with Crippen LogP contribution in [0.4, 0.5) is 0 Å². The van der Waals surface area contributed by atoms with Crippen LogP contribution in [0.15, 0.2) is 84.0 Å². The number of carbonyl (C=O) groups is 1. The molecule has 0 atom stereocenters. The molecule has 0 unspecified atom stereocenters. The summed E-state index contributed by atoms with van der Waals surface area (Å²) in [6, 6.07) is 19.5. The molecule has 1 saturated heterocycles. The molecule has 1 aliphatic heterocycles. The number of hydrogen-bond donors (Lipinski definition) is 1. The minimum Gasteiger partial charge on any atom is -0.339 e. The summed E-state index contributed by atoms with van der Waals surface area (Å²) in [5.41, 5.74) is 4.05. The molecule has 0 saturated carbocycles. The van der Waals surface area contributed by atoms with Gasteiger partial charge in [0.25, 0.3) is 11.5 Å². The van der Waals surface area contributed by atoms with E-state index >= 15 is 0 Å². The Hall–Kier alpha value is -4.59. The van der Waals surface area contributed by atoms with Crippen LogP contribution in [0.5, 0.6) is 0 Å². The summed E-state index contributed by atoms with van der Waals surface area (Å²) in [4.78, 5) is 38.2. The molecule has 6 rings (SSSR count). The predicted molar refractivity (Wildman–Crippen MR) is 150 cm³/mol. The molecule has 0 aliphatic carbocycles. The summed E-state index contributed by atoms with van der Waals surface area (Å²) < 4.78 is 3.19. The normalized spacial score (nSPS) is 14.2. The molecule has 8 heteroatoms. The van der Waals surface area contributed by atoms with Crippen LogP contribution in [0.3, 0.4) is 0 Å². The minimum atomic E-state index is -0.252. The number of piperidine rings is 1. The third-order valence-electron chi connectivity index (χ3n) is 7.72. The minimum absolute atomic E-state index is 0.0561. The Kier molecular flexibility index (Phi) is 6.52. The molecule has 39 heavy (non-hydrogen) atoms. The predicted octanol–water partition coefficient (Wildman–Crippen LogP) is 3.98. The highest BCUT2D eigenvalue weighted by Gasteiger charge is 2.26. The van der Waals surface area contributed by atoms with E-state index in [1.165, 1.54) is 9.96 Å². The van der Waals surface area contributed by atoms with E-state index < -0.39 is 0 Å². The maximum Gasteiger partial charge on any atom is 0.267 e. The van der Waals surface area contributed by atoms with Crippen LogP contribution in [-0.2, 0) is 13.0 Å². The molecule has 0 spiro atoms. The Bertz CT molecular complexity index is 1790. The first kappa shape index (κ1) is 24.7. The number of carbonyl (C=O) groups excluding carboxylic acids is 1. The fourth-order valence-electron chi connectivity index (χ4n) is 5.54. The Balaban J connectivity index is 1.39. The first-order chi connectivity index (χ1) is 19.0. The van der Waals surface area contributed by atoms with E-state index in [1.807, 2.05) is 42.2 Å². The van der Waals surface area contributed by atoms with Crippen molar-refractivity contribution < 1.29 is 4.79 Å². The highest BCUT2D eigenvalue weighted by molar-refractivity contribution is 5.97. The third kappa shape index (κ3) is 4.74. The second-order valence-corrected chi connectivity index (χ2v) is 10.3. The number of nitrogens with one attached hydrogen (secondary N) is 1. The smallest absolute Gasteiger partial charge is 0.267 e. The van der Waals surface area contributed by atoms with Crippen LogP contribution in [0.25, 0.3) is 16.7 Å². The lowest BCUT2D eigenvalue weighted by molar-refractivity contribution is 0.0687. The van der Waals surface area contributed by atoms with Crippen molar-refractivity contribution in [2.75, 3.05) is 13.1 Å². The quantitative estimate of drug-likeness (QED) is 0.356. The largest absolute Gasteiger partial charge is 0.339 e. The number of amides is 1. The maximum absolute atomic E-state index is 13.8. The summed E-state index contributed by atoms with van der Waals surface area (Å²) in [6.45, 7) is 3.47. The van der Waals surface area contributed by atoms with Crippen LogP contribution in [-0.4, -0.2) is 42.8 Å². The lowest BCUT2D eigenvalue weighted by Gasteiger charge is -2.32. The molecule has 1 N–H and O–H groups in total. The first-order valence-corrected chi connectivity index (χ1v) is 13.3. The van der Waals surface area contributed by atoms with Gasteiger partial charge in [-0.15, -0.1) is 0 Å². The molecule has 5 aromatic rings. The van der Waals surface area contributed by atoms with E-state index in [0.717, 1.165) is 30.4 Å². The number of benzene rings is 1. The number of rotatable bonds is 5. The molecule has 1 fully saturated rings. The zero-order valence-corrected chi connectivity index (χ0v) is 21.9. The third-order valence-corrected chi connectivity index (χ3v) is 7.72. The van der Waals surface area contributed by atoms with E-state index in [9.17, 15) is 9.59 Å². The van der Waals surface area contributed by atoms with Crippen LogP contribution < -0.4 is 11.0 Å². The molecule has 0 bridgehead atoms. The fourth-order valence-corrected chi connectivity index (χ4v) is 5.54. The fraction of sp³-hybridized carbons (Fsp3) is 0.258. The molecule has 0 radical (unpaired) electrons. The van der Waals surface area contributed by atoms with Gasteiger partial charge in [-0.25, -0.2) is 4.98 Å². The van der Waals surface area contributed by atoms with Crippen LogP contribution in [0, 0.1) is 18.3 Å². The monoisotopic (exact) mass is 518 g/mol. The molecule has 196 valence electrons. The van der Waals surface area contributed by atoms with Gasteiger partial charge in [-0.2, -0.15) is 0 Å². The topological polar surface area (TPSA) is 96.3 Å². The lowest BCUT2D eigenvalue weighted by atomic mass is 9.90. The number of aromatic nitrogens is 4. The number of nitrogens with zero attached hydrogens (tertiary/aromatic N) is 5. The van der Waals surface area contributed by atoms with E-state index in [1.54, 1.807) is 29.2 Å². The molecule has 5 heterocycles. The Morgan fingerprint density at radius 3 is 2.46 bits per heavy atom. The van der Waals surface area contributed by atoms with Crippen LogP contribution in [0.1, 0.15) is 39.9 Å². The van der Waals surface area contributed by atoms with Crippen molar-refractivity contribution in [3.05, 3.63) is 117 Å². The average molecular weight is 519 g/mol. The van der Waals surface area contributed by atoms with Crippen molar-refractivity contribution in [2.24, 2.45) is 5.92 Å². The lowest BCUT2D eigenvalue weighted by Crippen LogP contribution is -2.42. The summed E-state index contributed by atoms with van der Waals surface area (Å²) >= 11 is 0. The van der Waals surface area contributed by atoms with Gasteiger partial charge in [-0.3, -0.25) is 24.4 Å². The molecule has 1 amide bonds. The van der Waals surface area contributed by atoms with Gasteiger partial charge in [0, 0.05) is 31.7 Å². The van der Waals surface area contributed by atoms with Crippen molar-refractivity contribution in [1.29, 1.82) is 5.41 Å². The van der Waals surface area contributed by atoms with Crippen molar-refractivity contribution in [3.8, 4) is 0 Å². The van der Waals surface area contributed by atoms with Crippen molar-refractivity contribution in [3.63, 3.8) is 0 Å². The van der Waals surface area contributed by atoms with Gasteiger partial charge in [0.2, 0.25) is 0 Å². The number of aryl methyl sites for hydroxylation is 1. The average Bonchev–Trinajstić information content (AvgIpc) is 2.96. The Labute approximate surface area is 225 Å². The molecule has 8 nitrogen and oxygen atoms in total. The summed E-state index contributed by atoms with van der Waals surface area (Å²) in [5, 5.41) is 9.42. The molecule has 1 aliphatic rings. The van der Waals surface area contributed by atoms with E-state index in [4.69, 9.17) is 10.4 Å². The highest BCUT2D eigenvalue weighted by atomic mass is 16.2. The number of pyridine rings is 3. The van der Waals surface area contributed by atoms with E-state index in [0.29, 0.717) is 42.2 Å². The molecular formula is C31H30N6O2. The van der Waals surface area contributed by atoms with Gasteiger partial charge in [0.1, 0.15) is 16.8 Å². The summed E-state index contributed by atoms with van der Waals surface area (Å²) in [7, 11) is 0. The van der Waals surface area contributed by atoms with Gasteiger partial charge < -0.3 is 9.47 Å². The van der Waals surface area contributed by atoms with Crippen molar-refractivity contribution in [2.45, 2.75) is 32.7 Å². The van der Waals surface area contributed by atoms with Crippen LogP contribution in [0.2, 0.25) is 0 Å². The molecule has 4 aromatic heterocycles. The number of fused-ring (bicyclic) bond motifs is 2. The Morgan fingerprint density at radius 2 is 1.72 bits per heavy atom. The standard InChI is InChI=1S/C31H30N6O2/c1-21-6-5-15-36-28(21)34-29-26(31(36)39)19-25(27(32)37(29)20-24-9-13-33-14-10-24)30(38)35-16-11-23(12-17-35)18-22-7-3-2-4-8-22/h2-10,13-15,19,23,32H,11-12,16-18,20H2,1H3. The van der Waals surface area contributed by atoms with Crippen molar-refractivity contribution in [1.82, 2.24) is 23.8 Å². The summed E-state index contributed by atoms with van der Waals surface area (Å²) in [6.07, 6.45) is 7.90. The molecular weight excluding hydrogens is 488 g/mol. The van der Waals surface area contributed by atoms with Crippen molar-refractivity contribution >= 4 is 22.6 Å². The Morgan fingerprint density at radius 1 is 0.974 bits per heavy atom. The zero-order valence-electron chi connectivity index (χ0n) is 21.9. The zero-order chi connectivity index (χ0) is 26.9. The second kappa shape index (κ2) is 10.3. The van der Waals surface area contributed by atoms with E-state index in [2.05, 4.69) is 29.2 Å². The van der Waals surface area contributed by atoms with Gasteiger partial charge in [-0.1, -0.05) is 36.4 Å². The second-order valence-electron chi connectivity index (χ2n) is 10.3. The van der Waals surface area contributed by atoms with E-state index in [-0.39, 0.29) is 22.5 Å². The number of hydrogen-bond acceptors (Lipinski definition) is 5. The summed E-state index contributed by atoms with van der Waals surface area (Å²) in [5.74, 6) is 0.306.